The Kier molecular flexibility index (Phi) is 6.94. The van der Waals surface area contributed by atoms with Crippen molar-refractivity contribution in [2.24, 2.45) is 0 Å². The smallest absolute Gasteiger partial charge is 0.306 e. The van der Waals surface area contributed by atoms with Gasteiger partial charge in [-0.3, -0.25) is 4.79 Å². The Hall–Kier alpha value is -1.15. The van der Waals surface area contributed by atoms with Gasteiger partial charge in [-0.1, -0.05) is 6.92 Å². The maximum Gasteiger partial charge on any atom is 0.306 e. The van der Waals surface area contributed by atoms with E-state index >= 15 is 0 Å². The van der Waals surface area contributed by atoms with Gasteiger partial charge in [0.1, 0.15) is 0 Å². The largest absolute Gasteiger partial charge is 0.466 e. The molecular formula is C12H20N2O4S2. The van der Waals surface area contributed by atoms with E-state index in [1.807, 2.05) is 5.38 Å². The number of aromatic nitrogens is 1. The molecular weight excluding hydrogens is 300 g/mol. The standard InChI is InChI=1S/C12H20N2O4S2/c1-3-18-11(15)6-5-10-9-19-12(14-10)13-7-8-20(16,17)4-2/h9H,3-8H2,1-2H3,(H,13,14). The predicted octanol–water partition coefficient (Wildman–Crippen LogP) is 1.49. The lowest BCUT2D eigenvalue weighted by Crippen LogP contribution is -2.17. The molecule has 1 rings (SSSR count). The summed E-state index contributed by atoms with van der Waals surface area (Å²) in [7, 11) is -2.96. The molecule has 0 bridgehead atoms. The molecule has 1 N–H and O–H groups in total. The van der Waals surface area contributed by atoms with Crippen molar-refractivity contribution in [1.82, 2.24) is 4.98 Å². The van der Waals surface area contributed by atoms with Crippen LogP contribution in [0.2, 0.25) is 0 Å². The lowest BCUT2D eigenvalue weighted by atomic mass is 10.2. The highest BCUT2D eigenvalue weighted by Gasteiger charge is 2.09. The van der Waals surface area contributed by atoms with E-state index in [1.54, 1.807) is 13.8 Å². The van der Waals surface area contributed by atoms with Crippen LogP contribution >= 0.6 is 11.3 Å². The van der Waals surface area contributed by atoms with Crippen molar-refractivity contribution in [2.75, 3.05) is 30.0 Å². The molecule has 0 radical (unpaired) electrons. The van der Waals surface area contributed by atoms with Crippen molar-refractivity contribution in [2.45, 2.75) is 26.7 Å². The number of thiazole rings is 1. The highest BCUT2D eigenvalue weighted by molar-refractivity contribution is 7.91. The van der Waals surface area contributed by atoms with Gasteiger partial charge in [0.2, 0.25) is 0 Å². The third-order valence-electron chi connectivity index (χ3n) is 2.57. The van der Waals surface area contributed by atoms with Crippen molar-refractivity contribution < 1.29 is 17.9 Å². The number of esters is 1. The van der Waals surface area contributed by atoms with Crippen molar-refractivity contribution in [3.63, 3.8) is 0 Å². The predicted molar refractivity (Wildman–Crippen MR) is 79.9 cm³/mol. The first-order valence-electron chi connectivity index (χ1n) is 6.51. The summed E-state index contributed by atoms with van der Waals surface area (Å²) in [5.41, 5.74) is 0.809. The van der Waals surface area contributed by atoms with Crippen LogP contribution in [0.3, 0.4) is 0 Å². The number of anilines is 1. The highest BCUT2D eigenvalue weighted by Crippen LogP contribution is 2.16. The van der Waals surface area contributed by atoms with Gasteiger partial charge in [-0.15, -0.1) is 11.3 Å². The third kappa shape index (κ3) is 6.33. The van der Waals surface area contributed by atoms with Crippen LogP contribution in [0.5, 0.6) is 0 Å². The van der Waals surface area contributed by atoms with Crippen molar-refractivity contribution >= 4 is 32.3 Å². The molecule has 8 heteroatoms. The normalized spacial score (nSPS) is 11.3. The molecule has 0 saturated heterocycles. The van der Waals surface area contributed by atoms with E-state index in [4.69, 9.17) is 4.74 Å². The average molecular weight is 320 g/mol. The van der Waals surface area contributed by atoms with E-state index in [2.05, 4.69) is 10.3 Å². The molecule has 114 valence electrons. The molecule has 1 aromatic heterocycles. The van der Waals surface area contributed by atoms with E-state index < -0.39 is 9.84 Å². The molecule has 1 heterocycles. The minimum absolute atomic E-state index is 0.0985. The first-order valence-corrected chi connectivity index (χ1v) is 9.21. The molecule has 6 nitrogen and oxygen atoms in total. The SMILES string of the molecule is CCOC(=O)CCc1csc(NCCS(=O)(=O)CC)n1. The summed E-state index contributed by atoms with van der Waals surface area (Å²) in [5, 5.41) is 5.51. The monoisotopic (exact) mass is 320 g/mol. The number of sulfone groups is 1. The summed E-state index contributed by atoms with van der Waals surface area (Å²) >= 11 is 1.40. The van der Waals surface area contributed by atoms with Gasteiger partial charge in [0.25, 0.3) is 0 Å². The van der Waals surface area contributed by atoms with Crippen molar-refractivity contribution in [1.29, 1.82) is 0 Å². The first-order chi connectivity index (χ1) is 9.46. The zero-order chi connectivity index (χ0) is 15.0. The third-order valence-corrected chi connectivity index (χ3v) is 5.13. The Morgan fingerprint density at radius 1 is 1.45 bits per heavy atom. The van der Waals surface area contributed by atoms with Crippen molar-refractivity contribution in [3.05, 3.63) is 11.1 Å². The summed E-state index contributed by atoms with van der Waals surface area (Å²) < 4.78 is 27.5. The molecule has 1 aromatic rings. The van der Waals surface area contributed by atoms with Gasteiger partial charge in [0.05, 0.1) is 24.5 Å². The van der Waals surface area contributed by atoms with E-state index in [1.165, 1.54) is 11.3 Å². The van der Waals surface area contributed by atoms with Crippen LogP contribution in [0.4, 0.5) is 5.13 Å². The lowest BCUT2D eigenvalue weighted by molar-refractivity contribution is -0.143. The maximum atomic E-state index is 11.3. The van der Waals surface area contributed by atoms with Gasteiger partial charge < -0.3 is 10.1 Å². The Bertz CT molecular complexity index is 525. The zero-order valence-electron chi connectivity index (χ0n) is 11.7. The number of aryl methyl sites for hydroxylation is 1. The molecule has 0 unspecified atom stereocenters. The summed E-state index contributed by atoms with van der Waals surface area (Å²) in [6, 6.07) is 0. The molecule has 0 atom stereocenters. The zero-order valence-corrected chi connectivity index (χ0v) is 13.3. The Labute approximate surface area is 123 Å². The summed E-state index contributed by atoms with van der Waals surface area (Å²) in [6.45, 7) is 4.13. The van der Waals surface area contributed by atoms with E-state index in [9.17, 15) is 13.2 Å². The molecule has 0 aliphatic rings. The van der Waals surface area contributed by atoms with Gasteiger partial charge >= 0.3 is 5.97 Å². The fraction of sp³-hybridized carbons (Fsp3) is 0.667. The van der Waals surface area contributed by atoms with Crippen LogP contribution in [-0.4, -0.2) is 44.0 Å². The second-order valence-corrected chi connectivity index (χ2v) is 7.44. The quantitative estimate of drug-likeness (QED) is 0.694. The fourth-order valence-corrected chi connectivity index (χ4v) is 2.90. The number of carbonyl (C=O) groups is 1. The second-order valence-electron chi connectivity index (χ2n) is 4.11. The molecule has 0 saturated carbocycles. The van der Waals surface area contributed by atoms with Crippen LogP contribution in [-0.2, 0) is 25.8 Å². The average Bonchev–Trinajstić information content (AvgIpc) is 2.84. The van der Waals surface area contributed by atoms with Crippen molar-refractivity contribution in [3.8, 4) is 0 Å². The van der Waals surface area contributed by atoms with Crippen LogP contribution in [0, 0.1) is 0 Å². The molecule has 0 fully saturated rings. The van der Waals surface area contributed by atoms with E-state index in [0.717, 1.165) is 5.69 Å². The summed E-state index contributed by atoms with van der Waals surface area (Å²) in [6.07, 6.45) is 0.839. The maximum absolute atomic E-state index is 11.3. The van der Waals surface area contributed by atoms with E-state index in [-0.39, 0.29) is 17.5 Å². The molecule has 0 spiro atoms. The van der Waals surface area contributed by atoms with Crippen LogP contribution in [0.1, 0.15) is 26.0 Å². The van der Waals surface area contributed by atoms with Crippen LogP contribution in [0.15, 0.2) is 5.38 Å². The minimum Gasteiger partial charge on any atom is -0.466 e. The molecule has 0 aliphatic carbocycles. The van der Waals surface area contributed by atoms with E-state index in [0.29, 0.717) is 31.1 Å². The Morgan fingerprint density at radius 2 is 2.20 bits per heavy atom. The minimum atomic E-state index is -2.96. The topological polar surface area (TPSA) is 85.4 Å². The number of ether oxygens (including phenoxy) is 1. The fourth-order valence-electron chi connectivity index (χ4n) is 1.42. The summed E-state index contributed by atoms with van der Waals surface area (Å²) in [4.78, 5) is 15.5. The van der Waals surface area contributed by atoms with Gasteiger partial charge in [-0.2, -0.15) is 0 Å². The molecule has 0 amide bonds. The summed E-state index contributed by atoms with van der Waals surface area (Å²) in [5.74, 6) is 0.0162. The lowest BCUT2D eigenvalue weighted by Gasteiger charge is -2.02. The Balaban J connectivity index is 2.34. The van der Waals surface area contributed by atoms with Gasteiger partial charge in [-0.05, 0) is 6.92 Å². The first kappa shape index (κ1) is 16.9. The molecule has 20 heavy (non-hydrogen) atoms. The number of nitrogens with zero attached hydrogens (tertiary/aromatic N) is 1. The number of nitrogens with one attached hydrogen (secondary N) is 1. The number of hydrogen-bond acceptors (Lipinski definition) is 7. The number of carbonyl (C=O) groups excluding carboxylic acids is 1. The number of rotatable bonds is 9. The molecule has 0 aromatic carbocycles. The number of hydrogen-bond donors (Lipinski definition) is 1. The van der Waals surface area contributed by atoms with Crippen LogP contribution in [0.25, 0.3) is 0 Å². The van der Waals surface area contributed by atoms with Gasteiger partial charge in [0, 0.05) is 24.1 Å². The molecule has 0 aliphatic heterocycles. The second kappa shape index (κ2) is 8.21. The highest BCUT2D eigenvalue weighted by atomic mass is 32.2. The van der Waals surface area contributed by atoms with Gasteiger partial charge in [-0.25, -0.2) is 13.4 Å². The van der Waals surface area contributed by atoms with Gasteiger partial charge in [0.15, 0.2) is 15.0 Å². The Morgan fingerprint density at radius 3 is 2.85 bits per heavy atom. The van der Waals surface area contributed by atoms with Crippen LogP contribution < -0.4 is 5.32 Å².